The second-order valence-corrected chi connectivity index (χ2v) is 12.4. The van der Waals surface area contributed by atoms with E-state index >= 15 is 0 Å². The van der Waals surface area contributed by atoms with Gasteiger partial charge in [-0.3, -0.25) is 20.7 Å². The molecule has 0 bridgehead atoms. The zero-order valence-electron chi connectivity index (χ0n) is 34.2. The molecule has 6 rings (SSSR count). The van der Waals surface area contributed by atoms with Crippen LogP contribution in [0.1, 0.15) is 18.1 Å². The van der Waals surface area contributed by atoms with E-state index in [9.17, 15) is 19.2 Å². The van der Waals surface area contributed by atoms with Crippen LogP contribution >= 0.6 is 0 Å². The van der Waals surface area contributed by atoms with Crippen molar-refractivity contribution < 1.29 is 48.7 Å². The molecule has 0 saturated heterocycles. The Bertz CT molecular complexity index is 2240. The van der Waals surface area contributed by atoms with Gasteiger partial charge in [0.2, 0.25) is 5.91 Å². The first-order chi connectivity index (χ1) is 29.0. The number of carbonyl (C=O) groups is 4. The fraction of sp³-hybridized carbons (Fsp3) is 0.111. The zero-order chi connectivity index (χ0) is 45.2. The number of aromatic hydroxyl groups is 3. The minimum absolute atomic E-state index is 0.101. The van der Waals surface area contributed by atoms with Gasteiger partial charge < -0.3 is 46.3 Å². The molecule has 11 N–H and O–H groups in total. The van der Waals surface area contributed by atoms with Crippen molar-refractivity contribution in [2.75, 3.05) is 47.0 Å². The van der Waals surface area contributed by atoms with Crippen LogP contribution in [0.2, 0.25) is 0 Å². The number of anilines is 6. The van der Waals surface area contributed by atoms with Gasteiger partial charge in [-0.25, -0.2) is 14.4 Å². The molecule has 0 spiro atoms. The van der Waals surface area contributed by atoms with E-state index < -0.39 is 18.3 Å². The average Bonchev–Trinajstić information content (AvgIpc) is 3.18. The van der Waals surface area contributed by atoms with Gasteiger partial charge in [0.15, 0.2) is 0 Å². The summed E-state index contributed by atoms with van der Waals surface area (Å²) in [6.45, 7) is 5.37. The van der Waals surface area contributed by atoms with Crippen molar-refractivity contribution in [3.8, 4) is 23.0 Å². The summed E-state index contributed by atoms with van der Waals surface area (Å²) in [5.74, 6) is 0.625. The molecule has 0 aliphatic rings. The SMILES string of the molecule is CC(=O)Nc1cccc(O)c1.COC(=O)Nc1cccc(O)c1.COC(=O)Nc1cccc(OC(=O)Nc2cccc(C)c2)c1.Cc1cccc(N)c1.Nc1cccc(O)c1. The highest BCUT2D eigenvalue weighted by Gasteiger charge is 2.07. The lowest BCUT2D eigenvalue weighted by atomic mass is 10.2. The zero-order valence-corrected chi connectivity index (χ0v) is 34.2. The van der Waals surface area contributed by atoms with Gasteiger partial charge in [0.1, 0.15) is 23.0 Å². The maximum atomic E-state index is 11.8. The number of rotatable bonds is 5. The van der Waals surface area contributed by atoms with Gasteiger partial charge in [0.25, 0.3) is 0 Å². The first-order valence-electron chi connectivity index (χ1n) is 18.1. The third-order valence-corrected chi connectivity index (χ3v) is 7.10. The molecule has 0 unspecified atom stereocenters. The van der Waals surface area contributed by atoms with Crippen LogP contribution in [0.4, 0.5) is 48.5 Å². The van der Waals surface area contributed by atoms with Crippen molar-refractivity contribution in [3.05, 3.63) is 157 Å². The van der Waals surface area contributed by atoms with E-state index in [-0.39, 0.29) is 23.2 Å². The highest BCUT2D eigenvalue weighted by atomic mass is 16.6. The number of hydrogen-bond donors (Lipinski definition) is 9. The van der Waals surface area contributed by atoms with E-state index in [1.54, 1.807) is 72.8 Å². The molecule has 16 nitrogen and oxygen atoms in total. The largest absolute Gasteiger partial charge is 0.508 e. The number of carbonyl (C=O) groups excluding carboxylic acids is 4. The molecular weight excluding hydrogens is 785 g/mol. The molecule has 6 aromatic carbocycles. The molecule has 0 fully saturated rings. The van der Waals surface area contributed by atoms with Crippen LogP contribution in [0.25, 0.3) is 0 Å². The van der Waals surface area contributed by atoms with Crippen molar-refractivity contribution >= 4 is 58.3 Å². The van der Waals surface area contributed by atoms with Gasteiger partial charge in [-0.1, -0.05) is 48.5 Å². The monoisotopic (exact) mass is 834 g/mol. The van der Waals surface area contributed by atoms with Gasteiger partial charge in [-0.2, -0.15) is 0 Å². The third kappa shape index (κ3) is 22.2. The summed E-state index contributed by atoms with van der Waals surface area (Å²) in [6.07, 6.45) is -1.76. The van der Waals surface area contributed by atoms with Gasteiger partial charge in [-0.05, 0) is 97.8 Å². The van der Waals surface area contributed by atoms with Crippen LogP contribution in [0, 0.1) is 13.8 Å². The molecule has 6 aromatic rings. The summed E-state index contributed by atoms with van der Waals surface area (Å²) in [5.41, 5.74) is 16.6. The van der Waals surface area contributed by atoms with Crippen molar-refractivity contribution in [1.29, 1.82) is 0 Å². The Balaban J connectivity index is 0.000000280. The average molecular weight is 835 g/mol. The summed E-state index contributed by atoms with van der Waals surface area (Å²) in [7, 11) is 2.54. The van der Waals surface area contributed by atoms with E-state index in [0.717, 1.165) is 11.3 Å². The highest BCUT2D eigenvalue weighted by molar-refractivity contribution is 5.89. The lowest BCUT2D eigenvalue weighted by molar-refractivity contribution is -0.114. The predicted octanol–water partition coefficient (Wildman–Crippen LogP) is 9.26. The number of hydrogen-bond acceptors (Lipinski definition) is 12. The molecule has 61 heavy (non-hydrogen) atoms. The molecule has 0 atom stereocenters. The van der Waals surface area contributed by atoms with E-state index in [2.05, 4.69) is 30.7 Å². The fourth-order valence-corrected chi connectivity index (χ4v) is 4.51. The molecule has 0 heterocycles. The maximum absolute atomic E-state index is 11.8. The normalized spacial score (nSPS) is 9.33. The summed E-state index contributed by atoms with van der Waals surface area (Å²) >= 11 is 0. The van der Waals surface area contributed by atoms with Crippen LogP contribution in [-0.2, 0) is 14.3 Å². The predicted molar refractivity (Wildman–Crippen MR) is 238 cm³/mol. The maximum Gasteiger partial charge on any atom is 0.417 e. The molecule has 0 saturated carbocycles. The molecule has 0 aliphatic carbocycles. The second-order valence-electron chi connectivity index (χ2n) is 12.4. The minimum atomic E-state index is -0.610. The Hall–Kier alpha value is -8.40. The number of amides is 4. The molecule has 0 aliphatic heterocycles. The Morgan fingerprint density at radius 1 is 0.459 bits per heavy atom. The summed E-state index contributed by atoms with van der Waals surface area (Å²) < 4.78 is 14.0. The molecule has 0 radical (unpaired) electrons. The summed E-state index contributed by atoms with van der Waals surface area (Å²) in [4.78, 5) is 44.2. The standard InChI is InChI=1S/C16H16N2O4.C8H9NO3.C8H9NO2.C7H9N.C6H7NO/c1-11-5-3-6-12(9-11)18-16(20)22-14-8-4-7-13(10-14)17-15(19)21-2;1-12-8(11)9-6-3-2-4-7(10)5-6;1-6(10)9-7-3-2-4-8(11)5-7;1-6-3-2-4-7(8)5-6;7-5-2-1-3-6(8)4-5/h3-10H,1-2H3,(H,17,19)(H,18,20);2-5,10H,1H3,(H,9,11);2-5,11H,1H3,(H,9,10);2-5H,8H2,1H3;1-4,8H,7H2. The number of ether oxygens (including phenoxy) is 3. The van der Waals surface area contributed by atoms with Crippen LogP contribution in [-0.4, -0.2) is 53.7 Å². The number of nitrogens with one attached hydrogen (secondary N) is 4. The molecule has 0 aromatic heterocycles. The number of phenolic OH excluding ortho intramolecular Hbond substituents is 3. The van der Waals surface area contributed by atoms with E-state index in [1.165, 1.54) is 57.0 Å². The fourth-order valence-electron chi connectivity index (χ4n) is 4.51. The topological polar surface area (TPSA) is 257 Å². The van der Waals surface area contributed by atoms with Gasteiger partial charge in [-0.15, -0.1) is 0 Å². The van der Waals surface area contributed by atoms with Crippen molar-refractivity contribution in [1.82, 2.24) is 0 Å². The summed E-state index contributed by atoms with van der Waals surface area (Å²) in [5, 5.41) is 36.8. The Morgan fingerprint density at radius 3 is 1.23 bits per heavy atom. The van der Waals surface area contributed by atoms with Crippen molar-refractivity contribution in [2.24, 2.45) is 0 Å². The smallest absolute Gasteiger partial charge is 0.417 e. The first kappa shape index (κ1) is 48.7. The molecule has 4 amide bonds. The Kier molecular flexibility index (Phi) is 21.2. The number of methoxy groups -OCH3 is 2. The van der Waals surface area contributed by atoms with Gasteiger partial charge in [0, 0.05) is 65.3 Å². The second kappa shape index (κ2) is 26.5. The lowest BCUT2D eigenvalue weighted by Gasteiger charge is -2.09. The highest BCUT2D eigenvalue weighted by Crippen LogP contribution is 2.19. The van der Waals surface area contributed by atoms with E-state index in [1.807, 2.05) is 56.3 Å². The van der Waals surface area contributed by atoms with Crippen LogP contribution in [0.3, 0.4) is 0 Å². The van der Waals surface area contributed by atoms with Crippen LogP contribution in [0.5, 0.6) is 23.0 Å². The van der Waals surface area contributed by atoms with E-state index in [4.69, 9.17) is 31.5 Å². The van der Waals surface area contributed by atoms with Crippen molar-refractivity contribution in [2.45, 2.75) is 20.8 Å². The molecular formula is C45H50N6O10. The molecule has 16 heteroatoms. The number of nitrogen functional groups attached to an aromatic ring is 2. The van der Waals surface area contributed by atoms with Crippen LogP contribution in [0.15, 0.2) is 146 Å². The van der Waals surface area contributed by atoms with Crippen LogP contribution < -0.4 is 37.5 Å². The lowest BCUT2D eigenvalue weighted by Crippen LogP contribution is -2.17. The molecule has 320 valence electrons. The number of nitrogens with two attached hydrogens (primary N) is 2. The number of phenols is 3. The summed E-state index contributed by atoms with van der Waals surface area (Å²) in [6, 6.07) is 40.7. The van der Waals surface area contributed by atoms with Gasteiger partial charge >= 0.3 is 18.3 Å². The van der Waals surface area contributed by atoms with Gasteiger partial charge in [0.05, 0.1) is 14.2 Å². The number of aryl methyl sites for hydroxylation is 2. The van der Waals surface area contributed by atoms with Crippen molar-refractivity contribution in [3.63, 3.8) is 0 Å². The number of benzene rings is 6. The van der Waals surface area contributed by atoms with E-state index in [0.29, 0.717) is 34.2 Å². The Morgan fingerprint density at radius 2 is 0.836 bits per heavy atom. The third-order valence-electron chi connectivity index (χ3n) is 7.10. The minimum Gasteiger partial charge on any atom is -0.508 e. The quantitative estimate of drug-likeness (QED) is 0.0737. The first-order valence-corrected chi connectivity index (χ1v) is 18.1. The Labute approximate surface area is 353 Å².